The van der Waals surface area contributed by atoms with E-state index >= 15 is 0 Å². The first kappa shape index (κ1) is 15.3. The summed E-state index contributed by atoms with van der Waals surface area (Å²) in [5, 5.41) is 3.84. The number of benzene rings is 1. The van der Waals surface area contributed by atoms with Crippen molar-refractivity contribution in [1.29, 1.82) is 0 Å². The first-order chi connectivity index (χ1) is 10.1. The van der Waals surface area contributed by atoms with Crippen LogP contribution in [-0.4, -0.2) is 23.7 Å². The molecular formula is C15H16BrN3O2. The number of nitrogens with one attached hydrogen (secondary N) is 2. The molecule has 0 radical (unpaired) electrons. The van der Waals surface area contributed by atoms with Crippen LogP contribution in [0.15, 0.2) is 40.0 Å². The maximum atomic E-state index is 11.7. The van der Waals surface area contributed by atoms with E-state index in [0.29, 0.717) is 0 Å². The molecule has 0 saturated heterocycles. The largest absolute Gasteiger partial charge is 0.483 e. The number of carbonyl (C=O) groups is 1. The molecule has 5 nitrogen and oxygen atoms in total. The summed E-state index contributed by atoms with van der Waals surface area (Å²) >= 11 is 3.42. The monoisotopic (exact) mass is 349 g/mol. The quantitative estimate of drug-likeness (QED) is 0.643. The third-order valence-electron chi connectivity index (χ3n) is 2.79. The molecule has 0 aliphatic rings. The molecule has 0 bridgehead atoms. The highest BCUT2D eigenvalue weighted by molar-refractivity contribution is 9.10. The number of amides is 1. The Labute approximate surface area is 131 Å². The molecule has 21 heavy (non-hydrogen) atoms. The lowest BCUT2D eigenvalue weighted by molar-refractivity contribution is -0.123. The third-order valence-corrected chi connectivity index (χ3v) is 3.25. The molecule has 0 unspecified atom stereocenters. The van der Waals surface area contributed by atoms with Crippen LogP contribution >= 0.6 is 15.9 Å². The van der Waals surface area contributed by atoms with Gasteiger partial charge in [0.15, 0.2) is 6.61 Å². The molecule has 0 atom stereocenters. The molecule has 1 amide bonds. The number of hydrazone groups is 1. The minimum atomic E-state index is -0.306. The normalized spacial score (nSPS) is 10.8. The number of aryl methyl sites for hydroxylation is 2. The average Bonchev–Trinajstić information content (AvgIpc) is 2.90. The Balaban J connectivity index is 1.87. The third kappa shape index (κ3) is 4.46. The van der Waals surface area contributed by atoms with Crippen molar-refractivity contribution in [3.05, 3.63) is 51.8 Å². The fourth-order valence-corrected chi connectivity index (χ4v) is 2.58. The Kier molecular flexibility index (Phi) is 5.16. The van der Waals surface area contributed by atoms with Crippen molar-refractivity contribution in [2.75, 3.05) is 6.61 Å². The van der Waals surface area contributed by atoms with E-state index in [1.54, 1.807) is 6.20 Å². The smallest absolute Gasteiger partial charge is 0.277 e. The van der Waals surface area contributed by atoms with Gasteiger partial charge in [-0.1, -0.05) is 15.9 Å². The lowest BCUT2D eigenvalue weighted by Crippen LogP contribution is -2.25. The number of aromatic amines is 1. The fraction of sp³-hybridized carbons (Fsp3) is 0.200. The van der Waals surface area contributed by atoms with Crippen molar-refractivity contribution in [1.82, 2.24) is 10.4 Å². The number of rotatable bonds is 5. The number of hydrogen-bond donors (Lipinski definition) is 2. The topological polar surface area (TPSA) is 66.5 Å². The predicted octanol–water partition coefficient (Wildman–Crippen LogP) is 2.92. The molecule has 110 valence electrons. The van der Waals surface area contributed by atoms with Crippen molar-refractivity contribution in [2.24, 2.45) is 5.10 Å². The molecule has 0 aliphatic carbocycles. The summed E-state index contributed by atoms with van der Waals surface area (Å²) in [5.41, 5.74) is 5.19. The molecule has 6 heteroatoms. The van der Waals surface area contributed by atoms with Gasteiger partial charge in [0.05, 0.1) is 11.9 Å². The van der Waals surface area contributed by atoms with E-state index in [-0.39, 0.29) is 12.5 Å². The second-order valence-corrected chi connectivity index (χ2v) is 5.49. The van der Waals surface area contributed by atoms with Gasteiger partial charge in [0.2, 0.25) is 0 Å². The Bertz CT molecular complexity index is 628. The zero-order chi connectivity index (χ0) is 15.2. The van der Waals surface area contributed by atoms with E-state index in [0.717, 1.165) is 27.0 Å². The van der Waals surface area contributed by atoms with Crippen molar-refractivity contribution in [3.63, 3.8) is 0 Å². The van der Waals surface area contributed by atoms with Gasteiger partial charge in [-0.25, -0.2) is 5.43 Å². The van der Waals surface area contributed by atoms with E-state index in [1.807, 2.05) is 38.1 Å². The molecular weight excluding hydrogens is 334 g/mol. The molecule has 0 spiro atoms. The molecule has 1 aromatic heterocycles. The van der Waals surface area contributed by atoms with Gasteiger partial charge in [-0.2, -0.15) is 5.10 Å². The standard InChI is InChI=1S/C15H16BrN3O2/c1-10-6-12(16)7-11(2)15(10)21-9-14(20)19-18-8-13-4-3-5-17-13/h3-8,17H,9H2,1-2H3,(H,19,20). The van der Waals surface area contributed by atoms with Crippen LogP contribution in [0.2, 0.25) is 0 Å². The maximum Gasteiger partial charge on any atom is 0.277 e. The summed E-state index contributed by atoms with van der Waals surface area (Å²) in [5.74, 6) is 0.418. The molecule has 0 aliphatic heterocycles. The highest BCUT2D eigenvalue weighted by atomic mass is 79.9. The van der Waals surface area contributed by atoms with Crippen LogP contribution in [0.4, 0.5) is 0 Å². The lowest BCUT2D eigenvalue weighted by Gasteiger charge is -2.11. The molecule has 2 aromatic rings. The van der Waals surface area contributed by atoms with E-state index in [9.17, 15) is 4.79 Å². The average molecular weight is 350 g/mol. The molecule has 1 aromatic carbocycles. The van der Waals surface area contributed by atoms with Crippen LogP contribution in [0.1, 0.15) is 16.8 Å². The first-order valence-corrected chi connectivity index (χ1v) is 7.20. The summed E-state index contributed by atoms with van der Waals surface area (Å²) in [7, 11) is 0. The minimum absolute atomic E-state index is 0.0780. The Morgan fingerprint density at radius 3 is 2.76 bits per heavy atom. The summed E-state index contributed by atoms with van der Waals surface area (Å²) in [6.45, 7) is 3.80. The minimum Gasteiger partial charge on any atom is -0.483 e. The van der Waals surface area contributed by atoms with Gasteiger partial charge in [-0.3, -0.25) is 4.79 Å². The Hall–Kier alpha value is -2.08. The van der Waals surface area contributed by atoms with Crippen LogP contribution < -0.4 is 10.2 Å². The van der Waals surface area contributed by atoms with Crippen LogP contribution in [0.5, 0.6) is 5.75 Å². The van der Waals surface area contributed by atoms with Gasteiger partial charge < -0.3 is 9.72 Å². The molecule has 0 fully saturated rings. The van der Waals surface area contributed by atoms with Gasteiger partial charge in [0.1, 0.15) is 5.75 Å². The van der Waals surface area contributed by atoms with E-state index in [1.165, 1.54) is 6.21 Å². The molecule has 0 saturated carbocycles. The van der Waals surface area contributed by atoms with E-state index in [4.69, 9.17) is 4.74 Å². The van der Waals surface area contributed by atoms with E-state index < -0.39 is 0 Å². The van der Waals surface area contributed by atoms with Crippen molar-refractivity contribution in [2.45, 2.75) is 13.8 Å². The van der Waals surface area contributed by atoms with Crippen molar-refractivity contribution < 1.29 is 9.53 Å². The number of H-pyrrole nitrogens is 1. The van der Waals surface area contributed by atoms with Crippen molar-refractivity contribution in [3.8, 4) is 5.75 Å². The van der Waals surface area contributed by atoms with E-state index in [2.05, 4.69) is 31.4 Å². The van der Waals surface area contributed by atoms with Crippen LogP contribution in [0, 0.1) is 13.8 Å². The number of ether oxygens (including phenoxy) is 1. The van der Waals surface area contributed by atoms with Crippen LogP contribution in [0.3, 0.4) is 0 Å². The highest BCUT2D eigenvalue weighted by Crippen LogP contribution is 2.27. The lowest BCUT2D eigenvalue weighted by atomic mass is 10.1. The Morgan fingerprint density at radius 2 is 2.14 bits per heavy atom. The molecule has 1 heterocycles. The number of aromatic nitrogens is 1. The second kappa shape index (κ2) is 7.08. The number of hydrogen-bond acceptors (Lipinski definition) is 3. The zero-order valence-corrected chi connectivity index (χ0v) is 13.4. The predicted molar refractivity (Wildman–Crippen MR) is 85.6 cm³/mol. The highest BCUT2D eigenvalue weighted by Gasteiger charge is 2.08. The number of nitrogens with zero attached hydrogens (tertiary/aromatic N) is 1. The van der Waals surface area contributed by atoms with Gasteiger partial charge in [0, 0.05) is 10.7 Å². The number of halogens is 1. The Morgan fingerprint density at radius 1 is 1.43 bits per heavy atom. The molecule has 2 rings (SSSR count). The van der Waals surface area contributed by atoms with Crippen molar-refractivity contribution >= 4 is 28.1 Å². The van der Waals surface area contributed by atoms with Gasteiger partial charge >= 0.3 is 0 Å². The van der Waals surface area contributed by atoms with Gasteiger partial charge in [0.25, 0.3) is 5.91 Å². The first-order valence-electron chi connectivity index (χ1n) is 6.41. The summed E-state index contributed by atoms with van der Waals surface area (Å²) < 4.78 is 6.55. The summed E-state index contributed by atoms with van der Waals surface area (Å²) in [6.07, 6.45) is 3.32. The summed E-state index contributed by atoms with van der Waals surface area (Å²) in [6, 6.07) is 7.60. The van der Waals surface area contributed by atoms with Gasteiger partial charge in [-0.15, -0.1) is 0 Å². The van der Waals surface area contributed by atoms with Gasteiger partial charge in [-0.05, 0) is 49.2 Å². The SMILES string of the molecule is Cc1cc(Br)cc(C)c1OCC(=O)NN=Cc1ccc[nH]1. The fourth-order valence-electron chi connectivity index (χ4n) is 1.89. The summed E-state index contributed by atoms with van der Waals surface area (Å²) in [4.78, 5) is 14.6. The van der Waals surface area contributed by atoms with Crippen LogP contribution in [-0.2, 0) is 4.79 Å². The van der Waals surface area contributed by atoms with Crippen LogP contribution in [0.25, 0.3) is 0 Å². The maximum absolute atomic E-state index is 11.7. The molecule has 2 N–H and O–H groups in total. The second-order valence-electron chi connectivity index (χ2n) is 4.58. The number of carbonyl (C=O) groups excluding carboxylic acids is 1. The zero-order valence-electron chi connectivity index (χ0n) is 11.8.